The molecule has 0 saturated heterocycles. The lowest BCUT2D eigenvalue weighted by Gasteiger charge is -2.13. The van der Waals surface area contributed by atoms with Crippen molar-refractivity contribution < 1.29 is 14.2 Å². The molecule has 0 fully saturated rings. The van der Waals surface area contributed by atoms with Crippen LogP contribution in [-0.2, 0) is 20.8 Å². The van der Waals surface area contributed by atoms with Gasteiger partial charge in [-0.15, -0.1) is 0 Å². The van der Waals surface area contributed by atoms with E-state index in [0.717, 1.165) is 6.42 Å². The number of methoxy groups -OCH3 is 1. The van der Waals surface area contributed by atoms with Crippen molar-refractivity contribution in [2.45, 2.75) is 26.0 Å². The second-order valence-electron chi connectivity index (χ2n) is 5.27. The van der Waals surface area contributed by atoms with E-state index in [1.807, 2.05) is 37.3 Å². The Hall–Kier alpha value is -1.63. The summed E-state index contributed by atoms with van der Waals surface area (Å²) in [6, 6.07) is 10.3. The van der Waals surface area contributed by atoms with Crippen LogP contribution in [0.4, 0.5) is 0 Å². The van der Waals surface area contributed by atoms with Crippen molar-refractivity contribution >= 4 is 5.96 Å². The predicted molar refractivity (Wildman–Crippen MR) is 92.5 cm³/mol. The molecule has 0 aliphatic rings. The van der Waals surface area contributed by atoms with Gasteiger partial charge < -0.3 is 25.3 Å². The van der Waals surface area contributed by atoms with Gasteiger partial charge in [-0.3, -0.25) is 4.99 Å². The first-order chi connectivity index (χ1) is 11.2. The molecule has 130 valence electrons. The molecule has 1 aromatic rings. The molecule has 23 heavy (non-hydrogen) atoms. The fraction of sp³-hybridized carbons (Fsp3) is 0.588. The molecule has 0 aromatic heterocycles. The zero-order valence-corrected chi connectivity index (χ0v) is 14.2. The van der Waals surface area contributed by atoms with Crippen molar-refractivity contribution in [2.24, 2.45) is 10.7 Å². The highest BCUT2D eigenvalue weighted by molar-refractivity contribution is 5.78. The van der Waals surface area contributed by atoms with Crippen molar-refractivity contribution in [3.8, 4) is 0 Å². The number of nitrogens with two attached hydrogens (primary N) is 1. The van der Waals surface area contributed by atoms with E-state index in [9.17, 15) is 0 Å². The Kier molecular flexibility index (Phi) is 10.9. The van der Waals surface area contributed by atoms with Gasteiger partial charge in [-0.1, -0.05) is 30.3 Å². The number of hydrogen-bond acceptors (Lipinski definition) is 4. The first-order valence-corrected chi connectivity index (χ1v) is 7.97. The average Bonchev–Trinajstić information content (AvgIpc) is 2.54. The number of ether oxygens (including phenoxy) is 3. The van der Waals surface area contributed by atoms with E-state index in [1.54, 1.807) is 7.11 Å². The van der Waals surface area contributed by atoms with E-state index in [-0.39, 0.29) is 6.04 Å². The van der Waals surface area contributed by atoms with Gasteiger partial charge in [0.05, 0.1) is 26.4 Å². The largest absolute Gasteiger partial charge is 0.383 e. The number of nitrogens with one attached hydrogen (secondary N) is 1. The van der Waals surface area contributed by atoms with Gasteiger partial charge in [-0.05, 0) is 18.9 Å². The summed E-state index contributed by atoms with van der Waals surface area (Å²) in [6.07, 6.45) is 0.833. The van der Waals surface area contributed by atoms with Gasteiger partial charge in [0.2, 0.25) is 0 Å². The lowest BCUT2D eigenvalue weighted by Crippen LogP contribution is -2.40. The summed E-state index contributed by atoms with van der Waals surface area (Å²) in [5.41, 5.74) is 6.94. The molecule has 0 saturated carbocycles. The molecule has 1 aromatic carbocycles. The van der Waals surface area contributed by atoms with Crippen LogP contribution in [0.2, 0.25) is 0 Å². The summed E-state index contributed by atoms with van der Waals surface area (Å²) in [5, 5.41) is 3.06. The Morgan fingerprint density at radius 3 is 2.65 bits per heavy atom. The average molecular weight is 323 g/mol. The summed E-state index contributed by atoms with van der Waals surface area (Å²) in [7, 11) is 1.66. The van der Waals surface area contributed by atoms with Gasteiger partial charge in [0, 0.05) is 26.3 Å². The van der Waals surface area contributed by atoms with Gasteiger partial charge >= 0.3 is 0 Å². The number of rotatable bonds is 12. The van der Waals surface area contributed by atoms with E-state index in [0.29, 0.717) is 45.5 Å². The molecule has 6 heteroatoms. The highest BCUT2D eigenvalue weighted by Gasteiger charge is 2.00. The molecule has 0 spiro atoms. The van der Waals surface area contributed by atoms with Crippen LogP contribution in [0.15, 0.2) is 35.3 Å². The van der Waals surface area contributed by atoms with Crippen LogP contribution in [0.5, 0.6) is 0 Å². The summed E-state index contributed by atoms with van der Waals surface area (Å²) < 4.78 is 16.1. The number of guanidine groups is 1. The molecule has 1 rings (SSSR count). The van der Waals surface area contributed by atoms with E-state index in [4.69, 9.17) is 19.9 Å². The number of benzene rings is 1. The van der Waals surface area contributed by atoms with E-state index in [2.05, 4.69) is 10.3 Å². The Labute approximate surface area is 139 Å². The third kappa shape index (κ3) is 10.7. The van der Waals surface area contributed by atoms with Crippen molar-refractivity contribution in [2.75, 3.05) is 40.1 Å². The number of aliphatic imine (C=N–C) groups is 1. The Balaban J connectivity index is 1.93. The minimum Gasteiger partial charge on any atom is -0.383 e. The first-order valence-electron chi connectivity index (χ1n) is 7.97. The molecule has 0 amide bonds. The maximum absolute atomic E-state index is 5.76. The van der Waals surface area contributed by atoms with E-state index < -0.39 is 0 Å². The molecule has 3 N–H and O–H groups in total. The summed E-state index contributed by atoms with van der Waals surface area (Å²) in [5.74, 6) is 0.445. The second kappa shape index (κ2) is 12.9. The minimum atomic E-state index is 0.154. The third-order valence-electron chi connectivity index (χ3n) is 3.02. The lowest BCUT2D eigenvalue weighted by molar-refractivity contribution is 0.0403. The zero-order chi connectivity index (χ0) is 16.8. The molecule has 0 aliphatic carbocycles. The second-order valence-corrected chi connectivity index (χ2v) is 5.27. The highest BCUT2D eigenvalue weighted by atomic mass is 16.5. The van der Waals surface area contributed by atoms with Gasteiger partial charge in [0.15, 0.2) is 5.96 Å². The van der Waals surface area contributed by atoms with Crippen LogP contribution >= 0.6 is 0 Å². The molecular weight excluding hydrogens is 294 g/mol. The van der Waals surface area contributed by atoms with Crippen LogP contribution in [0, 0.1) is 0 Å². The van der Waals surface area contributed by atoms with Crippen LogP contribution in [0.3, 0.4) is 0 Å². The van der Waals surface area contributed by atoms with E-state index in [1.165, 1.54) is 5.56 Å². The van der Waals surface area contributed by atoms with E-state index >= 15 is 0 Å². The summed E-state index contributed by atoms with van der Waals surface area (Å²) >= 11 is 0. The topological polar surface area (TPSA) is 78.1 Å². The normalized spacial score (nSPS) is 13.0. The standard InChI is InChI=1S/C17H29N3O3/c1-15(13-21-2)20-17(18)19-9-6-10-22-11-12-23-14-16-7-4-3-5-8-16/h3-5,7-8,15H,6,9-14H2,1-2H3,(H3,18,19,20). The Bertz CT molecular complexity index is 426. The van der Waals surface area contributed by atoms with Crippen LogP contribution in [-0.4, -0.2) is 52.1 Å². The van der Waals surface area contributed by atoms with Crippen molar-refractivity contribution in [3.05, 3.63) is 35.9 Å². The van der Waals surface area contributed by atoms with Gasteiger partial charge in [0.1, 0.15) is 0 Å². The zero-order valence-electron chi connectivity index (χ0n) is 14.2. The van der Waals surface area contributed by atoms with Crippen LogP contribution < -0.4 is 11.1 Å². The fourth-order valence-electron chi connectivity index (χ4n) is 1.94. The van der Waals surface area contributed by atoms with Crippen molar-refractivity contribution in [3.63, 3.8) is 0 Å². The highest BCUT2D eigenvalue weighted by Crippen LogP contribution is 2.00. The quantitative estimate of drug-likeness (QED) is 0.347. The SMILES string of the molecule is COCC(C)NC(N)=NCCCOCCOCc1ccccc1. The van der Waals surface area contributed by atoms with Crippen LogP contribution in [0.25, 0.3) is 0 Å². The molecule has 1 unspecified atom stereocenters. The Morgan fingerprint density at radius 2 is 1.91 bits per heavy atom. The molecule has 0 bridgehead atoms. The Morgan fingerprint density at radius 1 is 1.17 bits per heavy atom. The fourth-order valence-corrected chi connectivity index (χ4v) is 1.94. The minimum absolute atomic E-state index is 0.154. The smallest absolute Gasteiger partial charge is 0.188 e. The monoisotopic (exact) mass is 323 g/mol. The maximum atomic E-state index is 5.76. The third-order valence-corrected chi connectivity index (χ3v) is 3.02. The van der Waals surface area contributed by atoms with Gasteiger partial charge in [0.25, 0.3) is 0 Å². The summed E-state index contributed by atoms with van der Waals surface area (Å²) in [4.78, 5) is 4.24. The number of hydrogen-bond donors (Lipinski definition) is 2. The molecule has 6 nitrogen and oxygen atoms in total. The molecule has 1 atom stereocenters. The van der Waals surface area contributed by atoms with Crippen molar-refractivity contribution in [1.82, 2.24) is 5.32 Å². The number of nitrogens with zero attached hydrogens (tertiary/aromatic N) is 1. The predicted octanol–water partition coefficient (Wildman–Crippen LogP) is 1.55. The van der Waals surface area contributed by atoms with Gasteiger partial charge in [-0.2, -0.15) is 0 Å². The maximum Gasteiger partial charge on any atom is 0.188 e. The first kappa shape index (κ1) is 19.4. The molecule has 0 heterocycles. The van der Waals surface area contributed by atoms with Crippen molar-refractivity contribution in [1.29, 1.82) is 0 Å². The summed E-state index contributed by atoms with van der Waals surface area (Å²) in [6.45, 7) is 5.69. The molecule has 0 radical (unpaired) electrons. The lowest BCUT2D eigenvalue weighted by atomic mass is 10.2. The van der Waals surface area contributed by atoms with Gasteiger partial charge in [-0.25, -0.2) is 0 Å². The molecular formula is C17H29N3O3. The van der Waals surface area contributed by atoms with Crippen LogP contribution in [0.1, 0.15) is 18.9 Å². The molecule has 0 aliphatic heterocycles.